The largest absolute Gasteiger partial charge is 0.338 e. The maximum atomic E-state index is 5.99. The van der Waals surface area contributed by atoms with Crippen LogP contribution in [0, 0.1) is 5.92 Å². The van der Waals surface area contributed by atoms with E-state index < -0.39 is 0 Å². The summed E-state index contributed by atoms with van der Waals surface area (Å²) >= 11 is 7.66. The lowest BCUT2D eigenvalue weighted by atomic mass is 10.1. The summed E-state index contributed by atoms with van der Waals surface area (Å²) in [5.41, 5.74) is 0. The summed E-state index contributed by atoms with van der Waals surface area (Å²) in [6, 6.07) is 4.09. The Hall–Kier alpha value is -0.950. The zero-order valence-electron chi connectivity index (χ0n) is 13.7. The molecule has 1 saturated heterocycles. The molecule has 5 nitrogen and oxygen atoms in total. The molecule has 0 N–H and O–H groups in total. The summed E-state index contributed by atoms with van der Waals surface area (Å²) < 4.78 is 6.23. The minimum Gasteiger partial charge on any atom is -0.338 e. The number of aromatic nitrogens is 2. The van der Waals surface area contributed by atoms with E-state index in [9.17, 15) is 0 Å². The maximum absolute atomic E-state index is 5.99. The van der Waals surface area contributed by atoms with Crippen LogP contribution in [0.3, 0.4) is 0 Å². The molecule has 0 spiro atoms. The van der Waals surface area contributed by atoms with Gasteiger partial charge in [-0.1, -0.05) is 30.6 Å². The van der Waals surface area contributed by atoms with Gasteiger partial charge in [-0.15, -0.1) is 11.3 Å². The maximum Gasteiger partial charge on any atom is 0.240 e. The fourth-order valence-corrected chi connectivity index (χ4v) is 3.89. The highest BCUT2D eigenvalue weighted by atomic mass is 35.5. The molecular formula is C16H23ClN4OS. The molecule has 0 atom stereocenters. The number of hydrogen-bond acceptors (Lipinski definition) is 6. The fraction of sp³-hybridized carbons (Fsp3) is 0.625. The van der Waals surface area contributed by atoms with Crippen LogP contribution in [-0.2, 0) is 19.5 Å². The van der Waals surface area contributed by atoms with Gasteiger partial charge in [0.15, 0.2) is 5.82 Å². The molecule has 3 heterocycles. The van der Waals surface area contributed by atoms with Gasteiger partial charge in [-0.25, -0.2) is 0 Å². The van der Waals surface area contributed by atoms with E-state index in [-0.39, 0.29) is 0 Å². The van der Waals surface area contributed by atoms with E-state index in [1.54, 1.807) is 11.3 Å². The first-order chi connectivity index (χ1) is 11.1. The van der Waals surface area contributed by atoms with E-state index in [0.29, 0.717) is 5.92 Å². The molecular weight excluding hydrogens is 332 g/mol. The van der Waals surface area contributed by atoms with Crippen molar-refractivity contribution < 1.29 is 4.52 Å². The van der Waals surface area contributed by atoms with Gasteiger partial charge in [0.1, 0.15) is 0 Å². The third kappa shape index (κ3) is 5.01. The van der Waals surface area contributed by atoms with Gasteiger partial charge in [-0.05, 0) is 18.1 Å². The van der Waals surface area contributed by atoms with E-state index in [4.69, 9.17) is 16.1 Å². The fourth-order valence-electron chi connectivity index (χ4n) is 2.76. The smallest absolute Gasteiger partial charge is 0.240 e. The molecule has 0 aromatic carbocycles. The van der Waals surface area contributed by atoms with Crippen LogP contribution in [0.15, 0.2) is 16.7 Å². The van der Waals surface area contributed by atoms with Crippen molar-refractivity contribution >= 4 is 22.9 Å². The van der Waals surface area contributed by atoms with E-state index in [0.717, 1.165) is 61.7 Å². The zero-order valence-corrected chi connectivity index (χ0v) is 15.2. The Morgan fingerprint density at radius 2 is 1.87 bits per heavy atom. The molecule has 1 aliphatic heterocycles. The van der Waals surface area contributed by atoms with E-state index in [2.05, 4.69) is 39.9 Å². The van der Waals surface area contributed by atoms with E-state index in [1.165, 1.54) is 4.88 Å². The quantitative estimate of drug-likeness (QED) is 0.796. The normalized spacial score (nSPS) is 17.2. The van der Waals surface area contributed by atoms with Gasteiger partial charge < -0.3 is 4.52 Å². The second-order valence-corrected chi connectivity index (χ2v) is 8.26. The lowest BCUT2D eigenvalue weighted by molar-refractivity contribution is 0.113. The Morgan fingerprint density at radius 3 is 2.48 bits per heavy atom. The van der Waals surface area contributed by atoms with Crippen LogP contribution in [0.5, 0.6) is 0 Å². The average molecular weight is 355 g/mol. The lowest BCUT2D eigenvalue weighted by Gasteiger charge is -2.33. The predicted molar refractivity (Wildman–Crippen MR) is 92.7 cm³/mol. The van der Waals surface area contributed by atoms with Gasteiger partial charge in [0.2, 0.25) is 5.89 Å². The van der Waals surface area contributed by atoms with Crippen LogP contribution in [0.4, 0.5) is 0 Å². The highest BCUT2D eigenvalue weighted by Gasteiger charge is 2.19. The molecule has 0 saturated carbocycles. The third-order valence-electron chi connectivity index (χ3n) is 3.93. The number of halogens is 1. The third-order valence-corrected chi connectivity index (χ3v) is 5.15. The Labute approximate surface area is 146 Å². The van der Waals surface area contributed by atoms with Crippen LogP contribution in [-0.4, -0.2) is 46.1 Å². The highest BCUT2D eigenvalue weighted by molar-refractivity contribution is 7.16. The number of thiophene rings is 1. The van der Waals surface area contributed by atoms with Crippen LogP contribution in [0.25, 0.3) is 0 Å². The Kier molecular flexibility index (Phi) is 5.69. The van der Waals surface area contributed by atoms with Crippen molar-refractivity contribution in [2.45, 2.75) is 33.4 Å². The van der Waals surface area contributed by atoms with Crippen molar-refractivity contribution in [2.24, 2.45) is 5.92 Å². The number of piperazine rings is 1. The Bertz CT molecular complexity index is 619. The van der Waals surface area contributed by atoms with Gasteiger partial charge in [0, 0.05) is 44.0 Å². The van der Waals surface area contributed by atoms with Gasteiger partial charge in [0.05, 0.1) is 10.9 Å². The van der Waals surface area contributed by atoms with Crippen molar-refractivity contribution in [1.82, 2.24) is 19.9 Å². The minimum absolute atomic E-state index is 0.551. The van der Waals surface area contributed by atoms with Crippen molar-refractivity contribution in [1.29, 1.82) is 0 Å². The topological polar surface area (TPSA) is 45.4 Å². The summed E-state index contributed by atoms with van der Waals surface area (Å²) in [7, 11) is 0. The molecule has 126 valence electrons. The number of nitrogens with zero attached hydrogens (tertiary/aromatic N) is 4. The second-order valence-electron chi connectivity index (χ2n) is 6.46. The van der Waals surface area contributed by atoms with Gasteiger partial charge in [0.25, 0.3) is 0 Å². The van der Waals surface area contributed by atoms with Crippen LogP contribution in [0.2, 0.25) is 4.34 Å². The highest BCUT2D eigenvalue weighted by Crippen LogP contribution is 2.23. The first-order valence-corrected chi connectivity index (χ1v) is 9.28. The van der Waals surface area contributed by atoms with E-state index in [1.807, 2.05) is 6.07 Å². The van der Waals surface area contributed by atoms with Gasteiger partial charge >= 0.3 is 0 Å². The zero-order chi connectivity index (χ0) is 16.2. The van der Waals surface area contributed by atoms with Crippen molar-refractivity contribution in [2.75, 3.05) is 26.2 Å². The van der Waals surface area contributed by atoms with Gasteiger partial charge in [-0.3, -0.25) is 9.80 Å². The molecule has 7 heteroatoms. The first kappa shape index (κ1) is 16.9. The van der Waals surface area contributed by atoms with Crippen LogP contribution >= 0.6 is 22.9 Å². The lowest BCUT2D eigenvalue weighted by Crippen LogP contribution is -2.45. The predicted octanol–water partition coefficient (Wildman–Crippen LogP) is 3.30. The van der Waals surface area contributed by atoms with Crippen LogP contribution < -0.4 is 0 Å². The molecule has 3 rings (SSSR count). The molecule has 0 amide bonds. The SMILES string of the molecule is CC(C)Cc1noc(CN2CCN(Cc3ccc(Cl)s3)CC2)n1. The number of rotatable bonds is 6. The molecule has 2 aromatic heterocycles. The summed E-state index contributed by atoms with van der Waals surface area (Å²) in [6.07, 6.45) is 0.876. The summed E-state index contributed by atoms with van der Waals surface area (Å²) in [5.74, 6) is 2.11. The molecule has 0 radical (unpaired) electrons. The van der Waals surface area contributed by atoms with E-state index >= 15 is 0 Å². The first-order valence-electron chi connectivity index (χ1n) is 8.09. The average Bonchev–Trinajstić information content (AvgIpc) is 3.10. The number of hydrogen-bond donors (Lipinski definition) is 0. The van der Waals surface area contributed by atoms with Crippen molar-refractivity contribution in [3.05, 3.63) is 33.1 Å². The molecule has 0 unspecified atom stereocenters. The molecule has 2 aromatic rings. The van der Waals surface area contributed by atoms with Gasteiger partial charge in [-0.2, -0.15) is 4.98 Å². The summed E-state index contributed by atoms with van der Waals surface area (Å²) in [4.78, 5) is 10.7. The summed E-state index contributed by atoms with van der Waals surface area (Å²) in [6.45, 7) is 10.2. The molecule has 0 aliphatic carbocycles. The Balaban J connectivity index is 1.44. The van der Waals surface area contributed by atoms with Crippen molar-refractivity contribution in [3.63, 3.8) is 0 Å². The molecule has 1 aliphatic rings. The summed E-state index contributed by atoms with van der Waals surface area (Å²) in [5, 5.41) is 4.06. The molecule has 0 bridgehead atoms. The molecule has 1 fully saturated rings. The monoisotopic (exact) mass is 354 g/mol. The van der Waals surface area contributed by atoms with Crippen LogP contribution in [0.1, 0.15) is 30.4 Å². The standard InChI is InChI=1S/C16H23ClN4OS/c1-12(2)9-15-18-16(22-19-15)11-21-7-5-20(6-8-21)10-13-3-4-14(17)23-13/h3-4,12H,5-11H2,1-2H3. The second kappa shape index (κ2) is 7.75. The van der Waals surface area contributed by atoms with Crippen molar-refractivity contribution in [3.8, 4) is 0 Å². The Morgan fingerprint density at radius 1 is 1.17 bits per heavy atom. The molecule has 23 heavy (non-hydrogen) atoms. The minimum atomic E-state index is 0.551.